The molecule has 1 N–H and O–H groups in total. The highest BCUT2D eigenvalue weighted by Gasteiger charge is 2.35. The first-order valence-electron chi connectivity index (χ1n) is 9.66. The average molecular weight is 427 g/mol. The third kappa shape index (κ3) is 6.21. The summed E-state index contributed by atoms with van der Waals surface area (Å²) in [5, 5.41) is 0. The number of sulfonamides is 1. The molecule has 1 fully saturated rings. The molecule has 0 saturated heterocycles. The number of para-hydroxylation sites is 1. The lowest BCUT2D eigenvalue weighted by Gasteiger charge is -2.31. The smallest absolute Gasteiger partial charge is 0.404 e. The minimum Gasteiger partial charge on any atom is -0.404 e. The average Bonchev–Trinajstić information content (AvgIpc) is 2.68. The van der Waals surface area contributed by atoms with Crippen molar-refractivity contribution in [3.63, 3.8) is 0 Å². The highest BCUT2D eigenvalue weighted by Crippen LogP contribution is 2.32. The van der Waals surface area contributed by atoms with E-state index >= 15 is 0 Å². The van der Waals surface area contributed by atoms with Crippen LogP contribution in [-0.2, 0) is 16.4 Å². The zero-order chi connectivity index (χ0) is 20.9. The molecule has 2 aromatic carbocycles. The van der Waals surface area contributed by atoms with E-state index in [9.17, 15) is 21.6 Å². The second-order valence-electron chi connectivity index (χ2n) is 7.31. The number of benzene rings is 2. The number of ether oxygens (including phenoxy) is 1. The Balaban J connectivity index is 1.88. The third-order valence-electron chi connectivity index (χ3n) is 5.19. The number of hydrogen-bond donors (Lipinski definition) is 1. The van der Waals surface area contributed by atoms with Gasteiger partial charge in [0.2, 0.25) is 10.0 Å². The molecule has 0 amide bonds. The third-order valence-corrected chi connectivity index (χ3v) is 6.72. The maximum atomic E-state index is 13.0. The van der Waals surface area contributed by atoms with E-state index in [-0.39, 0.29) is 5.92 Å². The minimum absolute atomic E-state index is 0.134. The monoisotopic (exact) mass is 427 g/mol. The molecule has 158 valence electrons. The lowest BCUT2D eigenvalue weighted by Crippen LogP contribution is -2.42. The molecule has 1 aliphatic carbocycles. The molecule has 0 spiro atoms. The van der Waals surface area contributed by atoms with Crippen LogP contribution in [0.25, 0.3) is 0 Å². The van der Waals surface area contributed by atoms with Gasteiger partial charge in [0.25, 0.3) is 0 Å². The Morgan fingerprint density at radius 2 is 1.59 bits per heavy atom. The van der Waals surface area contributed by atoms with Crippen LogP contribution in [0.3, 0.4) is 0 Å². The summed E-state index contributed by atoms with van der Waals surface area (Å²) in [6.07, 6.45) is 0.438. The van der Waals surface area contributed by atoms with Crippen LogP contribution in [0.15, 0.2) is 59.5 Å². The van der Waals surface area contributed by atoms with Crippen molar-refractivity contribution < 1.29 is 26.3 Å². The Bertz CT molecular complexity index is 895. The van der Waals surface area contributed by atoms with Gasteiger partial charge < -0.3 is 4.74 Å². The van der Waals surface area contributed by atoms with Gasteiger partial charge in [-0.3, -0.25) is 0 Å². The van der Waals surface area contributed by atoms with Gasteiger partial charge in [0, 0.05) is 6.04 Å². The molecule has 0 bridgehead atoms. The van der Waals surface area contributed by atoms with Crippen molar-refractivity contribution in [2.45, 2.75) is 55.8 Å². The number of nitrogens with one attached hydrogen (secondary N) is 1. The summed E-state index contributed by atoms with van der Waals surface area (Å²) in [6.45, 7) is 0. The molecule has 1 atom stereocenters. The predicted molar refractivity (Wildman–Crippen MR) is 104 cm³/mol. The standard InChI is InChI=1S/C21H24F3NO3S/c22-21(23,24)28-19-13-7-8-14-20(19)29(26,27)25-18(17-11-5-2-6-12-17)15-16-9-3-1-4-10-16/h1,3-4,7-10,13-14,17-18,25H,2,5-6,11-12,15H2. The molecule has 3 rings (SSSR count). The van der Waals surface area contributed by atoms with E-state index in [4.69, 9.17) is 0 Å². The minimum atomic E-state index is -4.97. The van der Waals surface area contributed by atoms with E-state index in [1.165, 1.54) is 12.1 Å². The van der Waals surface area contributed by atoms with Crippen molar-refractivity contribution in [3.05, 3.63) is 60.2 Å². The summed E-state index contributed by atoms with van der Waals surface area (Å²) < 4.78 is 70.8. The van der Waals surface area contributed by atoms with Gasteiger partial charge in [0.1, 0.15) is 10.6 Å². The molecule has 1 unspecified atom stereocenters. The quantitative estimate of drug-likeness (QED) is 0.672. The first-order valence-corrected chi connectivity index (χ1v) is 11.1. The van der Waals surface area contributed by atoms with Gasteiger partial charge in [0.05, 0.1) is 0 Å². The van der Waals surface area contributed by atoms with Gasteiger partial charge in [-0.1, -0.05) is 61.7 Å². The summed E-state index contributed by atoms with van der Waals surface area (Å²) in [4.78, 5) is -0.508. The van der Waals surface area contributed by atoms with E-state index in [1.54, 1.807) is 0 Å². The Hall–Kier alpha value is -2.06. The molecular weight excluding hydrogens is 403 g/mol. The SMILES string of the molecule is O=S(=O)(NC(Cc1ccccc1)C1CCCCC1)c1ccccc1OC(F)(F)F. The zero-order valence-electron chi connectivity index (χ0n) is 15.9. The Labute approximate surface area is 169 Å². The largest absolute Gasteiger partial charge is 0.573 e. The summed E-state index contributed by atoms with van der Waals surface area (Å²) in [5.74, 6) is -0.593. The molecule has 8 heteroatoms. The van der Waals surface area contributed by atoms with Gasteiger partial charge in [-0.15, -0.1) is 13.2 Å². The summed E-state index contributed by atoms with van der Waals surface area (Å²) in [6, 6.07) is 13.9. The fraction of sp³-hybridized carbons (Fsp3) is 0.429. The van der Waals surface area contributed by atoms with Crippen molar-refractivity contribution >= 4 is 10.0 Å². The van der Waals surface area contributed by atoms with Crippen molar-refractivity contribution in [3.8, 4) is 5.75 Å². The first-order chi connectivity index (χ1) is 13.7. The maximum Gasteiger partial charge on any atom is 0.573 e. The predicted octanol–water partition coefficient (Wildman–Crippen LogP) is 5.06. The van der Waals surface area contributed by atoms with E-state index in [2.05, 4.69) is 9.46 Å². The molecular formula is C21H24F3NO3S. The van der Waals surface area contributed by atoms with Crippen LogP contribution in [0.4, 0.5) is 13.2 Å². The van der Waals surface area contributed by atoms with Gasteiger partial charge in [0.15, 0.2) is 0 Å². The van der Waals surface area contributed by atoms with E-state index in [0.717, 1.165) is 49.8 Å². The van der Waals surface area contributed by atoms with Crippen LogP contribution in [0.2, 0.25) is 0 Å². The molecule has 0 radical (unpaired) electrons. The highest BCUT2D eigenvalue weighted by atomic mass is 32.2. The number of alkyl halides is 3. The van der Waals surface area contributed by atoms with Crippen LogP contribution in [0.5, 0.6) is 5.75 Å². The van der Waals surface area contributed by atoms with E-state index in [1.807, 2.05) is 30.3 Å². The summed E-state index contributed by atoms with van der Waals surface area (Å²) in [7, 11) is -4.21. The van der Waals surface area contributed by atoms with Crippen molar-refractivity contribution in [1.82, 2.24) is 4.72 Å². The Kier molecular flexibility index (Phi) is 6.85. The Morgan fingerprint density at radius 1 is 0.966 bits per heavy atom. The van der Waals surface area contributed by atoms with Crippen LogP contribution in [0.1, 0.15) is 37.7 Å². The van der Waals surface area contributed by atoms with E-state index < -0.39 is 33.1 Å². The molecule has 29 heavy (non-hydrogen) atoms. The molecule has 2 aromatic rings. The van der Waals surface area contributed by atoms with Crippen LogP contribution >= 0.6 is 0 Å². The van der Waals surface area contributed by atoms with Crippen molar-refractivity contribution in [2.75, 3.05) is 0 Å². The molecule has 0 heterocycles. The van der Waals surface area contributed by atoms with Gasteiger partial charge in [-0.05, 0) is 42.9 Å². The topological polar surface area (TPSA) is 55.4 Å². The highest BCUT2D eigenvalue weighted by molar-refractivity contribution is 7.89. The van der Waals surface area contributed by atoms with Crippen molar-refractivity contribution in [1.29, 1.82) is 0 Å². The molecule has 1 saturated carbocycles. The number of rotatable bonds is 7. The van der Waals surface area contributed by atoms with E-state index in [0.29, 0.717) is 6.42 Å². The molecule has 4 nitrogen and oxygen atoms in total. The first kappa shape index (κ1) is 21.6. The lowest BCUT2D eigenvalue weighted by molar-refractivity contribution is -0.275. The van der Waals surface area contributed by atoms with Crippen LogP contribution in [-0.4, -0.2) is 20.8 Å². The number of halogens is 3. The fourth-order valence-corrected chi connectivity index (χ4v) is 5.29. The van der Waals surface area contributed by atoms with Gasteiger partial charge >= 0.3 is 6.36 Å². The second kappa shape index (κ2) is 9.17. The molecule has 1 aliphatic rings. The Morgan fingerprint density at radius 3 is 2.24 bits per heavy atom. The second-order valence-corrected chi connectivity index (χ2v) is 8.99. The molecule has 0 aromatic heterocycles. The molecule has 0 aliphatic heterocycles. The summed E-state index contributed by atoms with van der Waals surface area (Å²) >= 11 is 0. The number of hydrogen-bond acceptors (Lipinski definition) is 3. The zero-order valence-corrected chi connectivity index (χ0v) is 16.7. The van der Waals surface area contributed by atoms with Crippen LogP contribution in [0, 0.1) is 5.92 Å². The van der Waals surface area contributed by atoms with Gasteiger partial charge in [-0.25, -0.2) is 13.1 Å². The lowest BCUT2D eigenvalue weighted by atomic mass is 9.82. The fourth-order valence-electron chi connectivity index (χ4n) is 3.85. The summed E-state index contributed by atoms with van der Waals surface area (Å²) in [5.41, 5.74) is 0.977. The normalized spacial score (nSPS) is 17.1. The van der Waals surface area contributed by atoms with Gasteiger partial charge in [-0.2, -0.15) is 0 Å². The van der Waals surface area contributed by atoms with Crippen molar-refractivity contribution in [2.24, 2.45) is 5.92 Å². The van der Waals surface area contributed by atoms with Crippen LogP contribution < -0.4 is 9.46 Å². The maximum absolute atomic E-state index is 13.0.